The molecule has 0 amide bonds. The second kappa shape index (κ2) is 9.11. The van der Waals surface area contributed by atoms with Crippen LogP contribution in [-0.2, 0) is 9.53 Å². The summed E-state index contributed by atoms with van der Waals surface area (Å²) in [6.45, 7) is 6.84. The number of nitrogens with one attached hydrogen (secondary N) is 1. The Kier molecular flexibility index (Phi) is 7.83. The van der Waals surface area contributed by atoms with Crippen molar-refractivity contribution in [2.75, 3.05) is 19.4 Å². The third-order valence-electron chi connectivity index (χ3n) is 3.63. The summed E-state index contributed by atoms with van der Waals surface area (Å²) in [5, 5.41) is 3.25. The standard InChI is InChI=1S/C17H27NO2S/c1-5-18-17(3,16(19)20-4)12-8-9-13-21-15-11-7-6-10-14(15)2/h6-7,10-11,18H,5,8-9,12-13H2,1-4H3. The molecular weight excluding hydrogens is 282 g/mol. The van der Waals surface area contributed by atoms with Gasteiger partial charge in [-0.05, 0) is 50.6 Å². The number of carbonyl (C=O) groups is 1. The Morgan fingerprint density at radius 2 is 2.05 bits per heavy atom. The quantitative estimate of drug-likeness (QED) is 0.428. The Labute approximate surface area is 132 Å². The molecule has 0 aromatic heterocycles. The molecule has 0 fully saturated rings. The highest BCUT2D eigenvalue weighted by Gasteiger charge is 2.32. The topological polar surface area (TPSA) is 38.3 Å². The average Bonchev–Trinajstić information content (AvgIpc) is 2.48. The van der Waals surface area contributed by atoms with Crippen molar-refractivity contribution in [3.8, 4) is 0 Å². The van der Waals surface area contributed by atoms with Gasteiger partial charge in [-0.25, -0.2) is 0 Å². The van der Waals surface area contributed by atoms with Crippen molar-refractivity contribution in [3.05, 3.63) is 29.8 Å². The maximum atomic E-state index is 11.9. The summed E-state index contributed by atoms with van der Waals surface area (Å²) < 4.78 is 4.90. The lowest BCUT2D eigenvalue weighted by Crippen LogP contribution is -2.50. The minimum absolute atomic E-state index is 0.170. The van der Waals surface area contributed by atoms with Gasteiger partial charge in [0.2, 0.25) is 0 Å². The number of esters is 1. The van der Waals surface area contributed by atoms with Gasteiger partial charge in [0.25, 0.3) is 0 Å². The molecule has 0 saturated heterocycles. The first kappa shape index (κ1) is 18.1. The van der Waals surface area contributed by atoms with Gasteiger partial charge in [0.15, 0.2) is 0 Å². The Morgan fingerprint density at radius 3 is 2.67 bits per heavy atom. The first-order chi connectivity index (χ1) is 10.0. The Hall–Kier alpha value is -1.00. The molecular formula is C17H27NO2S. The molecule has 1 atom stereocenters. The van der Waals surface area contributed by atoms with Crippen molar-refractivity contribution in [2.45, 2.75) is 50.5 Å². The molecule has 21 heavy (non-hydrogen) atoms. The molecule has 1 aromatic rings. The number of unbranched alkanes of at least 4 members (excludes halogenated alkanes) is 1. The molecule has 1 N–H and O–H groups in total. The van der Waals surface area contributed by atoms with Crippen LogP contribution in [0, 0.1) is 6.92 Å². The van der Waals surface area contributed by atoms with E-state index in [0.29, 0.717) is 0 Å². The molecule has 0 spiro atoms. The molecule has 0 bridgehead atoms. The lowest BCUT2D eigenvalue weighted by atomic mass is 9.95. The van der Waals surface area contributed by atoms with Gasteiger partial charge in [-0.3, -0.25) is 4.79 Å². The van der Waals surface area contributed by atoms with Gasteiger partial charge in [-0.15, -0.1) is 11.8 Å². The van der Waals surface area contributed by atoms with Gasteiger partial charge in [-0.1, -0.05) is 31.5 Å². The third kappa shape index (κ3) is 5.71. The second-order valence-electron chi connectivity index (χ2n) is 5.43. The summed E-state index contributed by atoms with van der Waals surface area (Å²) in [5.41, 5.74) is 0.770. The van der Waals surface area contributed by atoms with E-state index in [2.05, 4.69) is 36.5 Å². The normalized spacial score (nSPS) is 13.7. The molecule has 0 aliphatic rings. The number of aryl methyl sites for hydroxylation is 1. The molecule has 1 unspecified atom stereocenters. The van der Waals surface area contributed by atoms with Gasteiger partial charge < -0.3 is 10.1 Å². The Morgan fingerprint density at radius 1 is 1.33 bits per heavy atom. The summed E-state index contributed by atoms with van der Waals surface area (Å²) >= 11 is 1.89. The molecule has 0 aliphatic heterocycles. The van der Waals surface area contributed by atoms with Crippen molar-refractivity contribution in [1.29, 1.82) is 0 Å². The third-order valence-corrected chi connectivity index (χ3v) is 4.89. The van der Waals surface area contributed by atoms with Gasteiger partial charge in [0.05, 0.1) is 7.11 Å². The van der Waals surface area contributed by atoms with Gasteiger partial charge >= 0.3 is 5.97 Å². The minimum atomic E-state index is -0.559. The highest BCUT2D eigenvalue weighted by molar-refractivity contribution is 7.99. The molecule has 0 aliphatic carbocycles. The van der Waals surface area contributed by atoms with Crippen LogP contribution in [0.25, 0.3) is 0 Å². The number of likely N-dealkylation sites (N-methyl/N-ethyl adjacent to an activating group) is 1. The SMILES string of the molecule is CCNC(C)(CCCCSc1ccccc1C)C(=O)OC. The number of ether oxygens (including phenoxy) is 1. The van der Waals surface area contributed by atoms with Gasteiger partial charge in [0, 0.05) is 4.90 Å². The molecule has 4 heteroatoms. The van der Waals surface area contributed by atoms with E-state index in [9.17, 15) is 4.79 Å². The average molecular weight is 309 g/mol. The summed E-state index contributed by atoms with van der Waals surface area (Å²) in [7, 11) is 1.45. The van der Waals surface area contributed by atoms with Crippen molar-refractivity contribution in [2.24, 2.45) is 0 Å². The Bertz CT molecular complexity index is 450. The summed E-state index contributed by atoms with van der Waals surface area (Å²) in [6, 6.07) is 8.45. The fraction of sp³-hybridized carbons (Fsp3) is 0.588. The zero-order chi connectivity index (χ0) is 15.7. The number of carbonyl (C=O) groups excluding carboxylic acids is 1. The smallest absolute Gasteiger partial charge is 0.325 e. The van der Waals surface area contributed by atoms with Crippen molar-refractivity contribution in [1.82, 2.24) is 5.32 Å². The summed E-state index contributed by atoms with van der Waals surface area (Å²) in [6.07, 6.45) is 2.91. The van der Waals surface area contributed by atoms with E-state index in [4.69, 9.17) is 4.74 Å². The number of rotatable bonds is 9. The molecule has 0 radical (unpaired) electrons. The molecule has 3 nitrogen and oxygen atoms in total. The van der Waals surface area contributed by atoms with Crippen LogP contribution >= 0.6 is 11.8 Å². The number of hydrogen-bond acceptors (Lipinski definition) is 4. The summed E-state index contributed by atoms with van der Waals surface area (Å²) in [4.78, 5) is 13.2. The molecule has 1 rings (SSSR count). The van der Waals surface area contributed by atoms with Crippen LogP contribution in [0.3, 0.4) is 0 Å². The highest BCUT2D eigenvalue weighted by atomic mass is 32.2. The van der Waals surface area contributed by atoms with Crippen LogP contribution in [0.4, 0.5) is 0 Å². The fourth-order valence-corrected chi connectivity index (χ4v) is 3.40. The van der Waals surface area contributed by atoms with E-state index in [0.717, 1.165) is 31.6 Å². The number of benzene rings is 1. The zero-order valence-corrected chi connectivity index (χ0v) is 14.4. The maximum Gasteiger partial charge on any atom is 0.325 e. The van der Waals surface area contributed by atoms with Crippen LogP contribution < -0.4 is 5.32 Å². The number of methoxy groups -OCH3 is 1. The van der Waals surface area contributed by atoms with Gasteiger partial charge in [-0.2, -0.15) is 0 Å². The van der Waals surface area contributed by atoms with Crippen molar-refractivity contribution >= 4 is 17.7 Å². The van der Waals surface area contributed by atoms with Crippen LogP contribution in [0.1, 0.15) is 38.7 Å². The zero-order valence-electron chi connectivity index (χ0n) is 13.6. The van der Waals surface area contributed by atoms with Crippen LogP contribution in [-0.4, -0.2) is 30.9 Å². The monoisotopic (exact) mass is 309 g/mol. The first-order valence-electron chi connectivity index (χ1n) is 7.55. The molecule has 0 saturated carbocycles. The largest absolute Gasteiger partial charge is 0.468 e. The molecule has 1 aromatic carbocycles. The molecule has 118 valence electrons. The minimum Gasteiger partial charge on any atom is -0.468 e. The lowest BCUT2D eigenvalue weighted by Gasteiger charge is -2.27. The summed E-state index contributed by atoms with van der Waals surface area (Å²) in [5.74, 6) is 0.907. The van der Waals surface area contributed by atoms with E-state index >= 15 is 0 Å². The van der Waals surface area contributed by atoms with Crippen molar-refractivity contribution in [3.63, 3.8) is 0 Å². The van der Waals surface area contributed by atoms with Gasteiger partial charge in [0.1, 0.15) is 5.54 Å². The van der Waals surface area contributed by atoms with Crippen LogP contribution in [0.2, 0.25) is 0 Å². The van der Waals surface area contributed by atoms with E-state index in [1.807, 2.05) is 25.6 Å². The Balaban J connectivity index is 2.35. The van der Waals surface area contributed by atoms with E-state index in [1.165, 1.54) is 17.6 Å². The molecule has 0 heterocycles. The highest BCUT2D eigenvalue weighted by Crippen LogP contribution is 2.24. The fourth-order valence-electron chi connectivity index (χ4n) is 2.36. The lowest BCUT2D eigenvalue weighted by molar-refractivity contribution is -0.148. The predicted molar refractivity (Wildman–Crippen MR) is 89.9 cm³/mol. The second-order valence-corrected chi connectivity index (χ2v) is 6.56. The number of hydrogen-bond donors (Lipinski definition) is 1. The predicted octanol–water partition coefficient (Wildman–Crippen LogP) is 3.80. The van der Waals surface area contributed by atoms with E-state index in [1.54, 1.807) is 0 Å². The van der Waals surface area contributed by atoms with E-state index < -0.39 is 5.54 Å². The van der Waals surface area contributed by atoms with Crippen LogP contribution in [0.15, 0.2) is 29.2 Å². The van der Waals surface area contributed by atoms with Crippen molar-refractivity contribution < 1.29 is 9.53 Å². The number of thioether (sulfide) groups is 1. The van der Waals surface area contributed by atoms with Crippen LogP contribution in [0.5, 0.6) is 0 Å². The van der Waals surface area contributed by atoms with E-state index in [-0.39, 0.29) is 5.97 Å². The maximum absolute atomic E-state index is 11.9. The first-order valence-corrected chi connectivity index (χ1v) is 8.54.